The molecule has 27 heavy (non-hydrogen) atoms. The molecule has 0 atom stereocenters. The number of pyridine rings is 1. The van der Waals surface area contributed by atoms with E-state index in [2.05, 4.69) is 30.7 Å². The Bertz CT molecular complexity index is 993. The normalized spacial score (nSPS) is 11.2. The third kappa shape index (κ3) is 3.54. The highest BCUT2D eigenvalue weighted by Gasteiger charge is 2.18. The average Bonchev–Trinajstić information content (AvgIpc) is 2.69. The van der Waals surface area contributed by atoms with Gasteiger partial charge < -0.3 is 4.90 Å². The minimum Gasteiger partial charge on any atom is -0.342 e. The van der Waals surface area contributed by atoms with Gasteiger partial charge in [0.25, 0.3) is 5.91 Å². The number of hydrogen-bond donors (Lipinski definition) is 0. The van der Waals surface area contributed by atoms with Gasteiger partial charge in [0.15, 0.2) is 0 Å². The fourth-order valence-electron chi connectivity index (χ4n) is 2.97. The zero-order valence-corrected chi connectivity index (χ0v) is 16.9. The molecule has 0 bridgehead atoms. The SMILES string of the molecule is CCN(C)C(=O)c1cc(-c2cnc(C(C)C)nc2)nc2c(C)c(C)ccc12. The number of benzene rings is 1. The summed E-state index contributed by atoms with van der Waals surface area (Å²) in [5.74, 6) is 1.06. The Morgan fingerprint density at radius 2 is 1.81 bits per heavy atom. The van der Waals surface area contributed by atoms with Crippen LogP contribution < -0.4 is 0 Å². The molecule has 3 aromatic rings. The lowest BCUT2D eigenvalue weighted by Gasteiger charge is -2.18. The van der Waals surface area contributed by atoms with Crippen LogP contribution in [0.2, 0.25) is 0 Å². The average molecular weight is 362 g/mol. The molecule has 0 aliphatic heterocycles. The Labute approximate surface area is 160 Å². The molecule has 0 fully saturated rings. The number of nitrogens with zero attached hydrogens (tertiary/aromatic N) is 4. The molecule has 0 radical (unpaired) electrons. The lowest BCUT2D eigenvalue weighted by atomic mass is 9.99. The zero-order chi connectivity index (χ0) is 19.7. The summed E-state index contributed by atoms with van der Waals surface area (Å²) < 4.78 is 0. The summed E-state index contributed by atoms with van der Waals surface area (Å²) >= 11 is 0. The van der Waals surface area contributed by atoms with Crippen molar-refractivity contribution in [2.24, 2.45) is 0 Å². The lowest BCUT2D eigenvalue weighted by molar-refractivity contribution is 0.0804. The second-order valence-electron chi connectivity index (χ2n) is 7.26. The van der Waals surface area contributed by atoms with Crippen LogP contribution in [0.4, 0.5) is 0 Å². The largest absolute Gasteiger partial charge is 0.342 e. The summed E-state index contributed by atoms with van der Waals surface area (Å²) in [5, 5.41) is 0.881. The Balaban J connectivity index is 2.24. The van der Waals surface area contributed by atoms with Crippen LogP contribution in [0.15, 0.2) is 30.6 Å². The van der Waals surface area contributed by atoms with E-state index in [9.17, 15) is 4.79 Å². The third-order valence-electron chi connectivity index (χ3n) is 5.04. The summed E-state index contributed by atoms with van der Waals surface area (Å²) in [6.45, 7) is 10.8. The highest BCUT2D eigenvalue weighted by Crippen LogP contribution is 2.28. The number of carbonyl (C=O) groups excluding carboxylic acids is 1. The lowest BCUT2D eigenvalue weighted by Crippen LogP contribution is -2.26. The van der Waals surface area contributed by atoms with Crippen LogP contribution in [0.5, 0.6) is 0 Å². The van der Waals surface area contributed by atoms with Crippen LogP contribution in [0.25, 0.3) is 22.2 Å². The number of hydrogen-bond acceptors (Lipinski definition) is 4. The summed E-state index contributed by atoms with van der Waals surface area (Å²) in [4.78, 5) is 28.5. The predicted octanol–water partition coefficient (Wildman–Crippen LogP) is 4.52. The van der Waals surface area contributed by atoms with E-state index in [1.165, 1.54) is 0 Å². The van der Waals surface area contributed by atoms with Crippen molar-refractivity contribution >= 4 is 16.8 Å². The fourth-order valence-corrected chi connectivity index (χ4v) is 2.97. The van der Waals surface area contributed by atoms with Gasteiger partial charge in [0.2, 0.25) is 0 Å². The molecular weight excluding hydrogens is 336 g/mol. The van der Waals surface area contributed by atoms with Gasteiger partial charge >= 0.3 is 0 Å². The number of carbonyl (C=O) groups is 1. The van der Waals surface area contributed by atoms with Gasteiger partial charge in [0, 0.05) is 42.9 Å². The number of fused-ring (bicyclic) bond motifs is 1. The van der Waals surface area contributed by atoms with Crippen molar-refractivity contribution in [3.8, 4) is 11.3 Å². The van der Waals surface area contributed by atoms with Crippen molar-refractivity contribution < 1.29 is 4.79 Å². The second-order valence-corrected chi connectivity index (χ2v) is 7.26. The molecular formula is C22H26N4O. The van der Waals surface area contributed by atoms with Gasteiger partial charge in [-0.15, -0.1) is 0 Å². The molecule has 1 amide bonds. The van der Waals surface area contributed by atoms with Crippen molar-refractivity contribution in [2.45, 2.75) is 40.5 Å². The first kappa shape index (κ1) is 19.0. The van der Waals surface area contributed by atoms with Crippen LogP contribution in [0.1, 0.15) is 54.0 Å². The van der Waals surface area contributed by atoms with E-state index in [0.29, 0.717) is 12.1 Å². The molecule has 5 nitrogen and oxygen atoms in total. The first-order valence-electron chi connectivity index (χ1n) is 9.32. The van der Waals surface area contributed by atoms with E-state index in [0.717, 1.165) is 39.1 Å². The predicted molar refractivity (Wildman–Crippen MR) is 109 cm³/mol. The molecule has 0 N–H and O–H groups in total. The van der Waals surface area contributed by atoms with Crippen LogP contribution >= 0.6 is 0 Å². The van der Waals surface area contributed by atoms with Crippen LogP contribution in [0.3, 0.4) is 0 Å². The zero-order valence-electron chi connectivity index (χ0n) is 16.9. The van der Waals surface area contributed by atoms with Crippen molar-refractivity contribution in [1.82, 2.24) is 19.9 Å². The molecule has 0 aliphatic carbocycles. The highest BCUT2D eigenvalue weighted by molar-refractivity contribution is 6.07. The van der Waals surface area contributed by atoms with Crippen LogP contribution in [0, 0.1) is 13.8 Å². The third-order valence-corrected chi connectivity index (χ3v) is 5.04. The molecule has 0 saturated carbocycles. The van der Waals surface area contributed by atoms with Gasteiger partial charge in [0.1, 0.15) is 5.82 Å². The summed E-state index contributed by atoms with van der Waals surface area (Å²) in [7, 11) is 1.82. The number of rotatable bonds is 4. The molecule has 0 spiro atoms. The molecule has 0 unspecified atom stereocenters. The van der Waals surface area contributed by atoms with Gasteiger partial charge in [-0.05, 0) is 38.0 Å². The first-order valence-corrected chi connectivity index (χ1v) is 9.32. The minimum atomic E-state index is -0.00544. The smallest absolute Gasteiger partial charge is 0.254 e. The minimum absolute atomic E-state index is 0.00544. The van der Waals surface area contributed by atoms with Crippen molar-refractivity contribution in [1.29, 1.82) is 0 Å². The van der Waals surface area contributed by atoms with Gasteiger partial charge in [-0.25, -0.2) is 15.0 Å². The first-order chi connectivity index (χ1) is 12.8. The van der Waals surface area contributed by atoms with Crippen LogP contribution in [-0.2, 0) is 0 Å². The maximum Gasteiger partial charge on any atom is 0.254 e. The number of amides is 1. The summed E-state index contributed by atoms with van der Waals surface area (Å²) in [6, 6.07) is 5.89. The van der Waals surface area contributed by atoms with Crippen molar-refractivity contribution in [2.75, 3.05) is 13.6 Å². The Morgan fingerprint density at radius 3 is 2.41 bits per heavy atom. The monoisotopic (exact) mass is 362 g/mol. The standard InChI is InChI=1S/C22H26N4O/c1-7-26(6)22(27)18-10-19(16-11-23-21(13(2)3)24-12-16)25-20-15(5)14(4)8-9-17(18)20/h8-13H,7H2,1-6H3. The Kier molecular flexibility index (Phi) is 5.22. The molecule has 2 heterocycles. The number of aromatic nitrogens is 3. The second kappa shape index (κ2) is 7.43. The van der Waals surface area contributed by atoms with Gasteiger partial charge in [-0.1, -0.05) is 26.0 Å². The maximum atomic E-state index is 13.0. The molecule has 0 aliphatic rings. The van der Waals surface area contributed by atoms with Gasteiger partial charge in [-0.3, -0.25) is 4.79 Å². The Hall–Kier alpha value is -2.82. The highest BCUT2D eigenvalue weighted by atomic mass is 16.2. The maximum absolute atomic E-state index is 13.0. The van der Waals surface area contributed by atoms with E-state index in [1.807, 2.05) is 39.1 Å². The Morgan fingerprint density at radius 1 is 1.15 bits per heavy atom. The van der Waals surface area contributed by atoms with Gasteiger partial charge in [-0.2, -0.15) is 0 Å². The van der Waals surface area contributed by atoms with E-state index in [4.69, 9.17) is 4.98 Å². The van der Waals surface area contributed by atoms with E-state index < -0.39 is 0 Å². The quantitative estimate of drug-likeness (QED) is 0.684. The summed E-state index contributed by atoms with van der Waals surface area (Å²) in [6.07, 6.45) is 3.58. The van der Waals surface area contributed by atoms with Crippen LogP contribution in [-0.4, -0.2) is 39.4 Å². The van der Waals surface area contributed by atoms with Crippen molar-refractivity contribution in [3.63, 3.8) is 0 Å². The molecule has 1 aromatic carbocycles. The van der Waals surface area contributed by atoms with E-state index in [-0.39, 0.29) is 11.8 Å². The van der Waals surface area contributed by atoms with Gasteiger partial charge in [0.05, 0.1) is 16.8 Å². The molecule has 2 aromatic heterocycles. The fraction of sp³-hybridized carbons (Fsp3) is 0.364. The molecule has 0 saturated heterocycles. The van der Waals surface area contributed by atoms with E-state index in [1.54, 1.807) is 17.3 Å². The topological polar surface area (TPSA) is 59.0 Å². The van der Waals surface area contributed by atoms with E-state index >= 15 is 0 Å². The van der Waals surface area contributed by atoms with Crippen molar-refractivity contribution in [3.05, 3.63) is 53.1 Å². The number of aryl methyl sites for hydroxylation is 2. The molecule has 140 valence electrons. The molecule has 3 rings (SSSR count). The summed E-state index contributed by atoms with van der Waals surface area (Å²) in [5.41, 5.74) is 5.29. The molecule has 5 heteroatoms.